The van der Waals surface area contributed by atoms with E-state index in [1.807, 2.05) is 17.0 Å². The molecule has 0 saturated carbocycles. The van der Waals surface area contributed by atoms with Crippen molar-refractivity contribution in [3.8, 4) is 17.4 Å². The smallest absolute Gasteiger partial charge is 0.260 e. The minimum Gasteiger partial charge on any atom is -0.484 e. The number of aromatic nitrogens is 1. The van der Waals surface area contributed by atoms with E-state index in [4.69, 9.17) is 15.2 Å². The molecule has 1 aliphatic heterocycles. The summed E-state index contributed by atoms with van der Waals surface area (Å²) in [6.45, 7) is 1.29. The Kier molecular flexibility index (Phi) is 5.85. The van der Waals surface area contributed by atoms with E-state index in [1.54, 1.807) is 36.5 Å². The van der Waals surface area contributed by atoms with Gasteiger partial charge in [0.25, 0.3) is 5.91 Å². The highest BCUT2D eigenvalue weighted by Crippen LogP contribution is 2.22. The van der Waals surface area contributed by atoms with Crippen molar-refractivity contribution in [2.45, 2.75) is 25.3 Å². The Hall–Kier alpha value is -2.60. The maximum Gasteiger partial charge on any atom is 0.260 e. The third-order valence-corrected chi connectivity index (χ3v) is 4.27. The van der Waals surface area contributed by atoms with Crippen LogP contribution in [0.5, 0.6) is 17.4 Å². The largest absolute Gasteiger partial charge is 0.484 e. The predicted octanol–water partition coefficient (Wildman–Crippen LogP) is 2.59. The number of nitrogens with two attached hydrogens (primary N) is 1. The second-order valence-electron chi connectivity index (χ2n) is 6.00. The Balaban J connectivity index is 1.52. The molecule has 2 aromatic rings. The third-order valence-electron chi connectivity index (χ3n) is 4.27. The summed E-state index contributed by atoms with van der Waals surface area (Å²) >= 11 is 0. The van der Waals surface area contributed by atoms with E-state index < -0.39 is 0 Å². The van der Waals surface area contributed by atoms with Crippen molar-refractivity contribution in [2.24, 2.45) is 5.73 Å². The maximum absolute atomic E-state index is 12.4. The summed E-state index contributed by atoms with van der Waals surface area (Å²) in [6, 6.07) is 12.8. The molecule has 6 heteroatoms. The molecule has 1 unspecified atom stereocenters. The van der Waals surface area contributed by atoms with Gasteiger partial charge in [0.1, 0.15) is 11.5 Å². The molecule has 132 valence electrons. The highest BCUT2D eigenvalue weighted by atomic mass is 16.5. The van der Waals surface area contributed by atoms with Crippen LogP contribution in [-0.2, 0) is 4.79 Å². The first-order chi connectivity index (χ1) is 12.3. The van der Waals surface area contributed by atoms with Gasteiger partial charge in [-0.1, -0.05) is 6.07 Å². The van der Waals surface area contributed by atoms with Crippen LogP contribution in [0, 0.1) is 0 Å². The van der Waals surface area contributed by atoms with Crippen molar-refractivity contribution in [1.29, 1.82) is 0 Å². The molecular formula is C19H23N3O3. The van der Waals surface area contributed by atoms with Crippen LogP contribution in [0.3, 0.4) is 0 Å². The number of piperidine rings is 1. The summed E-state index contributed by atoms with van der Waals surface area (Å²) in [7, 11) is 0. The van der Waals surface area contributed by atoms with Crippen LogP contribution in [0.1, 0.15) is 19.3 Å². The SMILES string of the molecule is NCC1CCCCN1C(=O)COc1ccc(Oc2ccccn2)cc1. The highest BCUT2D eigenvalue weighted by Gasteiger charge is 2.25. The van der Waals surface area contributed by atoms with Gasteiger partial charge >= 0.3 is 0 Å². The number of benzene rings is 1. The van der Waals surface area contributed by atoms with E-state index in [2.05, 4.69) is 4.98 Å². The van der Waals surface area contributed by atoms with Gasteiger partial charge in [-0.05, 0) is 49.6 Å². The molecule has 1 aromatic heterocycles. The second-order valence-corrected chi connectivity index (χ2v) is 6.00. The van der Waals surface area contributed by atoms with Crippen LogP contribution in [0.15, 0.2) is 48.7 Å². The topological polar surface area (TPSA) is 77.7 Å². The van der Waals surface area contributed by atoms with Crippen molar-refractivity contribution in [3.05, 3.63) is 48.7 Å². The number of rotatable bonds is 6. The zero-order valence-corrected chi connectivity index (χ0v) is 14.1. The molecule has 2 heterocycles. The molecule has 1 fully saturated rings. The molecule has 3 rings (SSSR count). The zero-order valence-electron chi connectivity index (χ0n) is 14.1. The minimum absolute atomic E-state index is 0.0102. The van der Waals surface area contributed by atoms with E-state index in [-0.39, 0.29) is 18.6 Å². The Morgan fingerprint density at radius 3 is 2.68 bits per heavy atom. The van der Waals surface area contributed by atoms with Crippen molar-refractivity contribution in [1.82, 2.24) is 9.88 Å². The Labute approximate surface area is 147 Å². The Morgan fingerprint density at radius 2 is 1.96 bits per heavy atom. The molecule has 6 nitrogen and oxygen atoms in total. The first kappa shape index (κ1) is 17.2. The van der Waals surface area contributed by atoms with E-state index >= 15 is 0 Å². The lowest BCUT2D eigenvalue weighted by Gasteiger charge is -2.34. The summed E-state index contributed by atoms with van der Waals surface area (Å²) in [5.74, 6) is 1.81. The maximum atomic E-state index is 12.4. The normalized spacial score (nSPS) is 17.2. The number of ether oxygens (including phenoxy) is 2. The highest BCUT2D eigenvalue weighted by molar-refractivity contribution is 5.78. The Morgan fingerprint density at radius 1 is 1.16 bits per heavy atom. The number of carbonyl (C=O) groups is 1. The number of pyridine rings is 1. The van der Waals surface area contributed by atoms with Gasteiger partial charge in [0, 0.05) is 31.4 Å². The summed E-state index contributed by atoms with van der Waals surface area (Å²) in [4.78, 5) is 18.3. The van der Waals surface area contributed by atoms with Gasteiger partial charge in [0.05, 0.1) is 0 Å². The zero-order chi connectivity index (χ0) is 17.5. The quantitative estimate of drug-likeness (QED) is 0.874. The fourth-order valence-electron chi connectivity index (χ4n) is 2.93. The van der Waals surface area contributed by atoms with Crippen LogP contribution < -0.4 is 15.2 Å². The molecule has 1 aliphatic rings. The van der Waals surface area contributed by atoms with Crippen molar-refractivity contribution >= 4 is 5.91 Å². The number of nitrogens with zero attached hydrogens (tertiary/aromatic N) is 2. The number of hydrogen-bond donors (Lipinski definition) is 1. The molecule has 0 radical (unpaired) electrons. The fraction of sp³-hybridized carbons (Fsp3) is 0.368. The molecule has 1 amide bonds. The van der Waals surface area contributed by atoms with Crippen LogP contribution in [0.25, 0.3) is 0 Å². The first-order valence-electron chi connectivity index (χ1n) is 8.57. The van der Waals surface area contributed by atoms with E-state index in [0.29, 0.717) is 23.9 Å². The van der Waals surface area contributed by atoms with Gasteiger partial charge < -0.3 is 20.1 Å². The molecular weight excluding hydrogens is 318 g/mol. The lowest BCUT2D eigenvalue weighted by Crippen LogP contribution is -2.49. The van der Waals surface area contributed by atoms with E-state index in [0.717, 1.165) is 25.8 Å². The average Bonchev–Trinajstić information content (AvgIpc) is 2.68. The molecule has 2 N–H and O–H groups in total. The van der Waals surface area contributed by atoms with Crippen LogP contribution in [0.4, 0.5) is 0 Å². The molecule has 0 bridgehead atoms. The van der Waals surface area contributed by atoms with E-state index in [9.17, 15) is 4.79 Å². The van der Waals surface area contributed by atoms with Crippen LogP contribution in [-0.4, -0.2) is 41.5 Å². The molecule has 0 spiro atoms. The molecule has 0 aliphatic carbocycles. The predicted molar refractivity (Wildman–Crippen MR) is 94.7 cm³/mol. The fourth-order valence-corrected chi connectivity index (χ4v) is 2.93. The second kappa shape index (κ2) is 8.48. The van der Waals surface area contributed by atoms with Crippen molar-refractivity contribution in [2.75, 3.05) is 19.7 Å². The van der Waals surface area contributed by atoms with Gasteiger partial charge in [-0.25, -0.2) is 4.98 Å². The average molecular weight is 341 g/mol. The third kappa shape index (κ3) is 4.70. The molecule has 25 heavy (non-hydrogen) atoms. The van der Waals surface area contributed by atoms with Crippen molar-refractivity contribution < 1.29 is 14.3 Å². The van der Waals surface area contributed by atoms with E-state index in [1.165, 1.54) is 0 Å². The van der Waals surface area contributed by atoms with Crippen LogP contribution in [0.2, 0.25) is 0 Å². The first-order valence-corrected chi connectivity index (χ1v) is 8.57. The molecule has 1 atom stereocenters. The van der Waals surface area contributed by atoms with Gasteiger partial charge in [0.15, 0.2) is 6.61 Å². The van der Waals surface area contributed by atoms with Crippen LogP contribution >= 0.6 is 0 Å². The minimum atomic E-state index is -0.0102. The standard InChI is InChI=1S/C19H23N3O3/c20-13-15-5-2-4-12-22(15)19(23)14-24-16-7-9-17(10-8-16)25-18-6-1-3-11-21-18/h1,3,6-11,15H,2,4-5,12-14,20H2. The van der Waals surface area contributed by atoms with Gasteiger partial charge in [-0.3, -0.25) is 4.79 Å². The monoisotopic (exact) mass is 341 g/mol. The number of hydrogen-bond acceptors (Lipinski definition) is 5. The molecule has 1 aromatic carbocycles. The summed E-state index contributed by atoms with van der Waals surface area (Å²) in [6.07, 6.45) is 4.81. The van der Waals surface area contributed by atoms with Gasteiger partial charge in [0.2, 0.25) is 5.88 Å². The Bertz CT molecular complexity index is 676. The van der Waals surface area contributed by atoms with Gasteiger partial charge in [-0.15, -0.1) is 0 Å². The lowest BCUT2D eigenvalue weighted by atomic mass is 10.0. The number of carbonyl (C=O) groups excluding carboxylic acids is 1. The summed E-state index contributed by atoms with van der Waals surface area (Å²) in [5, 5.41) is 0. The number of likely N-dealkylation sites (tertiary alicyclic amines) is 1. The lowest BCUT2D eigenvalue weighted by molar-refractivity contribution is -0.136. The van der Waals surface area contributed by atoms with Gasteiger partial charge in [-0.2, -0.15) is 0 Å². The molecule has 1 saturated heterocycles. The summed E-state index contributed by atoms with van der Waals surface area (Å²) < 4.78 is 11.2. The number of amides is 1. The van der Waals surface area contributed by atoms with Crippen molar-refractivity contribution in [3.63, 3.8) is 0 Å². The summed E-state index contributed by atoms with van der Waals surface area (Å²) in [5.41, 5.74) is 5.76.